The molecule has 0 spiro atoms. The maximum atomic E-state index is 6.19. The SMILES string of the molecule is COc1cc(-c2cc(-c3ccn(C)n3)n3ncnc(N)c23)cc2oncc12. The van der Waals surface area contributed by atoms with Crippen molar-refractivity contribution in [1.29, 1.82) is 0 Å². The number of aromatic nitrogens is 6. The number of ether oxygens (including phenoxy) is 1. The number of rotatable bonds is 3. The normalized spacial score (nSPS) is 11.5. The number of nitrogens with zero attached hydrogens (tertiary/aromatic N) is 6. The zero-order valence-corrected chi connectivity index (χ0v) is 14.6. The van der Waals surface area contributed by atoms with Gasteiger partial charge in [0.2, 0.25) is 0 Å². The second-order valence-corrected chi connectivity index (χ2v) is 6.14. The van der Waals surface area contributed by atoms with E-state index in [1.54, 1.807) is 22.5 Å². The summed E-state index contributed by atoms with van der Waals surface area (Å²) in [6.45, 7) is 0. The third-order valence-corrected chi connectivity index (χ3v) is 4.53. The Morgan fingerprint density at radius 2 is 2.11 bits per heavy atom. The molecule has 5 rings (SSSR count). The Morgan fingerprint density at radius 1 is 1.22 bits per heavy atom. The highest BCUT2D eigenvalue weighted by molar-refractivity contribution is 5.96. The van der Waals surface area contributed by atoms with Crippen molar-refractivity contribution in [1.82, 2.24) is 29.5 Å². The van der Waals surface area contributed by atoms with Gasteiger partial charge in [-0.05, 0) is 29.8 Å². The maximum absolute atomic E-state index is 6.19. The molecule has 0 unspecified atom stereocenters. The molecule has 0 fully saturated rings. The van der Waals surface area contributed by atoms with Crippen LogP contribution in [0.25, 0.3) is 39.0 Å². The van der Waals surface area contributed by atoms with Crippen molar-refractivity contribution in [2.75, 3.05) is 12.8 Å². The lowest BCUT2D eigenvalue weighted by Gasteiger charge is -2.06. The summed E-state index contributed by atoms with van der Waals surface area (Å²) in [6, 6.07) is 7.72. The molecule has 1 aromatic carbocycles. The maximum Gasteiger partial charge on any atom is 0.171 e. The highest BCUT2D eigenvalue weighted by Crippen LogP contribution is 2.38. The smallest absolute Gasteiger partial charge is 0.171 e. The molecule has 4 aromatic heterocycles. The van der Waals surface area contributed by atoms with Crippen molar-refractivity contribution in [3.05, 3.63) is 43.0 Å². The van der Waals surface area contributed by atoms with E-state index in [1.807, 2.05) is 37.5 Å². The van der Waals surface area contributed by atoms with Crippen LogP contribution < -0.4 is 10.5 Å². The minimum absolute atomic E-state index is 0.374. The Kier molecular flexibility index (Phi) is 3.17. The minimum Gasteiger partial charge on any atom is -0.496 e. The van der Waals surface area contributed by atoms with Crippen molar-refractivity contribution < 1.29 is 9.26 Å². The van der Waals surface area contributed by atoms with Crippen LogP contribution in [0.2, 0.25) is 0 Å². The predicted octanol–water partition coefficient (Wildman–Crippen LogP) is 2.53. The van der Waals surface area contributed by atoms with Crippen molar-refractivity contribution in [2.45, 2.75) is 0 Å². The van der Waals surface area contributed by atoms with E-state index in [1.165, 1.54) is 6.33 Å². The third kappa shape index (κ3) is 2.25. The van der Waals surface area contributed by atoms with Gasteiger partial charge in [0.05, 0.1) is 24.4 Å². The molecular formula is C18H15N7O2. The summed E-state index contributed by atoms with van der Waals surface area (Å²) < 4.78 is 14.3. The fourth-order valence-electron chi connectivity index (χ4n) is 3.29. The zero-order chi connectivity index (χ0) is 18.5. The van der Waals surface area contributed by atoms with E-state index in [-0.39, 0.29) is 0 Å². The molecule has 0 bridgehead atoms. The van der Waals surface area contributed by atoms with Crippen molar-refractivity contribution in [3.63, 3.8) is 0 Å². The van der Waals surface area contributed by atoms with Crippen molar-refractivity contribution >= 4 is 22.3 Å². The van der Waals surface area contributed by atoms with Crippen LogP contribution >= 0.6 is 0 Å². The van der Waals surface area contributed by atoms with Crippen molar-refractivity contribution in [3.8, 4) is 28.3 Å². The Hall–Kier alpha value is -3.88. The number of fused-ring (bicyclic) bond motifs is 2. The number of hydrogen-bond donors (Lipinski definition) is 1. The quantitative estimate of drug-likeness (QED) is 0.526. The Labute approximate surface area is 153 Å². The molecule has 0 amide bonds. The van der Waals surface area contributed by atoms with E-state index in [2.05, 4.69) is 20.3 Å². The van der Waals surface area contributed by atoms with E-state index in [0.29, 0.717) is 22.7 Å². The van der Waals surface area contributed by atoms with Gasteiger partial charge < -0.3 is 15.0 Å². The molecule has 0 aliphatic rings. The lowest BCUT2D eigenvalue weighted by molar-refractivity contribution is 0.419. The van der Waals surface area contributed by atoms with Crippen LogP contribution in [0.5, 0.6) is 5.75 Å². The monoisotopic (exact) mass is 361 g/mol. The number of benzene rings is 1. The zero-order valence-electron chi connectivity index (χ0n) is 14.6. The highest BCUT2D eigenvalue weighted by atomic mass is 16.5. The van der Waals surface area contributed by atoms with Crippen LogP contribution in [0, 0.1) is 0 Å². The molecule has 0 aliphatic heterocycles. The number of methoxy groups -OCH3 is 1. The first-order chi connectivity index (χ1) is 13.2. The first-order valence-corrected chi connectivity index (χ1v) is 8.20. The summed E-state index contributed by atoms with van der Waals surface area (Å²) in [6.07, 6.45) is 4.94. The summed E-state index contributed by atoms with van der Waals surface area (Å²) >= 11 is 0. The minimum atomic E-state index is 0.374. The van der Waals surface area contributed by atoms with Gasteiger partial charge in [0, 0.05) is 18.8 Å². The Balaban J connectivity index is 1.84. The molecule has 4 heterocycles. The van der Waals surface area contributed by atoms with Gasteiger partial charge in [-0.2, -0.15) is 10.2 Å². The van der Waals surface area contributed by atoms with Crippen LogP contribution in [0.1, 0.15) is 0 Å². The predicted molar refractivity (Wildman–Crippen MR) is 99.2 cm³/mol. The summed E-state index contributed by atoms with van der Waals surface area (Å²) in [4.78, 5) is 4.15. The lowest BCUT2D eigenvalue weighted by atomic mass is 10.0. The molecule has 0 radical (unpaired) electrons. The molecule has 2 N–H and O–H groups in total. The summed E-state index contributed by atoms with van der Waals surface area (Å²) in [5, 5.41) is 13.5. The molecule has 9 nitrogen and oxygen atoms in total. The average Bonchev–Trinajstić information content (AvgIpc) is 3.38. The van der Waals surface area contributed by atoms with E-state index >= 15 is 0 Å². The molecular weight excluding hydrogens is 346 g/mol. The molecule has 0 atom stereocenters. The Morgan fingerprint density at radius 3 is 2.89 bits per heavy atom. The van der Waals surface area contributed by atoms with Gasteiger partial charge in [-0.25, -0.2) is 9.50 Å². The largest absolute Gasteiger partial charge is 0.496 e. The number of anilines is 1. The topological polar surface area (TPSA) is 109 Å². The molecule has 134 valence electrons. The van der Waals surface area contributed by atoms with Crippen molar-refractivity contribution in [2.24, 2.45) is 7.05 Å². The van der Waals surface area contributed by atoms with E-state index in [9.17, 15) is 0 Å². The second kappa shape index (κ2) is 5.56. The van der Waals surface area contributed by atoms with Gasteiger partial charge in [-0.3, -0.25) is 4.68 Å². The molecule has 5 aromatic rings. The first kappa shape index (κ1) is 15.4. The summed E-state index contributed by atoms with van der Waals surface area (Å²) in [5.74, 6) is 1.04. The highest BCUT2D eigenvalue weighted by Gasteiger charge is 2.19. The molecule has 27 heavy (non-hydrogen) atoms. The fourth-order valence-corrected chi connectivity index (χ4v) is 3.29. The average molecular weight is 361 g/mol. The van der Waals surface area contributed by atoms with Crippen LogP contribution in [0.3, 0.4) is 0 Å². The van der Waals surface area contributed by atoms with Gasteiger partial charge in [0.15, 0.2) is 11.4 Å². The number of nitrogen functional groups attached to an aromatic ring is 1. The third-order valence-electron chi connectivity index (χ3n) is 4.53. The standard InChI is InChI=1S/C18H15N7O2/c1-24-4-3-13(23-24)14-7-11(17-18(19)20-9-21-25(14)17)10-5-15(26-2)12-8-22-27-16(12)6-10/h3-9H,1-2H3,(H2,19,20,21). The number of aryl methyl sites for hydroxylation is 1. The van der Waals surface area contributed by atoms with Gasteiger partial charge in [0.1, 0.15) is 23.3 Å². The van der Waals surface area contributed by atoms with Crippen LogP contribution in [0.15, 0.2) is 47.5 Å². The Bertz CT molecular complexity index is 1300. The number of nitrogens with two attached hydrogens (primary N) is 1. The van der Waals surface area contributed by atoms with E-state index < -0.39 is 0 Å². The lowest BCUT2D eigenvalue weighted by Crippen LogP contribution is -2.01. The van der Waals surface area contributed by atoms with E-state index in [4.69, 9.17) is 15.0 Å². The van der Waals surface area contributed by atoms with Gasteiger partial charge in [-0.15, -0.1) is 0 Å². The van der Waals surface area contributed by atoms with Crippen LogP contribution in [-0.4, -0.2) is 36.6 Å². The summed E-state index contributed by atoms with van der Waals surface area (Å²) in [5.41, 5.74) is 10.8. The molecule has 9 heteroatoms. The molecule has 0 saturated carbocycles. The van der Waals surface area contributed by atoms with E-state index in [0.717, 1.165) is 27.9 Å². The molecule has 0 saturated heterocycles. The fraction of sp³-hybridized carbons (Fsp3) is 0.111. The summed E-state index contributed by atoms with van der Waals surface area (Å²) in [7, 11) is 3.48. The van der Waals surface area contributed by atoms with Crippen LogP contribution in [0.4, 0.5) is 5.82 Å². The second-order valence-electron chi connectivity index (χ2n) is 6.14. The first-order valence-electron chi connectivity index (χ1n) is 8.20. The van der Waals surface area contributed by atoms with Gasteiger partial charge >= 0.3 is 0 Å². The molecule has 0 aliphatic carbocycles. The van der Waals surface area contributed by atoms with Gasteiger partial charge in [-0.1, -0.05) is 5.16 Å². The van der Waals surface area contributed by atoms with Gasteiger partial charge in [0.25, 0.3) is 0 Å². The van der Waals surface area contributed by atoms with Crippen LogP contribution in [-0.2, 0) is 7.05 Å². The number of hydrogen-bond acceptors (Lipinski definition) is 7.